The van der Waals surface area contributed by atoms with Gasteiger partial charge in [0.05, 0.1) is 4.47 Å². The van der Waals surface area contributed by atoms with Crippen LogP contribution in [0.5, 0.6) is 0 Å². The summed E-state index contributed by atoms with van der Waals surface area (Å²) >= 11 is 3.40. The number of aromatic nitrogens is 2. The van der Waals surface area contributed by atoms with Crippen molar-refractivity contribution in [2.75, 3.05) is 18.1 Å². The summed E-state index contributed by atoms with van der Waals surface area (Å²) in [7, 11) is 0. The van der Waals surface area contributed by atoms with Gasteiger partial charge in [-0.1, -0.05) is 26.7 Å². The Balaban J connectivity index is 2.40. The molecule has 0 unspecified atom stereocenters. The minimum atomic E-state index is -1.02. The van der Waals surface area contributed by atoms with E-state index in [4.69, 9.17) is 5.26 Å². The van der Waals surface area contributed by atoms with Crippen LogP contribution in [-0.2, 0) is 0 Å². The van der Waals surface area contributed by atoms with Crippen LogP contribution in [0.3, 0.4) is 0 Å². The summed E-state index contributed by atoms with van der Waals surface area (Å²) in [5.41, 5.74) is 0. The fraction of sp³-hybridized carbons (Fsp3) is 0.625. The van der Waals surface area contributed by atoms with Crippen molar-refractivity contribution < 1.29 is 9.90 Å². The first-order valence-electron chi connectivity index (χ1n) is 8.13. The van der Waals surface area contributed by atoms with Crippen molar-refractivity contribution in [3.63, 3.8) is 0 Å². The maximum atomic E-state index is 11.8. The number of rotatable bonds is 6. The van der Waals surface area contributed by atoms with Crippen LogP contribution in [-0.4, -0.2) is 39.3 Å². The van der Waals surface area contributed by atoms with Crippen LogP contribution in [0, 0.1) is 23.2 Å². The van der Waals surface area contributed by atoms with E-state index in [2.05, 4.69) is 25.9 Å². The second-order valence-corrected chi connectivity index (χ2v) is 7.32. The SMILES string of the molecule is CC(C)CN(C(=O)O)N(CC1CCCC1)c1nc(C#N)ncc1Br. The van der Waals surface area contributed by atoms with Crippen molar-refractivity contribution in [3.8, 4) is 6.07 Å². The molecule has 8 heteroatoms. The molecule has 1 aromatic rings. The third-order valence-electron chi connectivity index (χ3n) is 4.03. The second kappa shape index (κ2) is 8.29. The zero-order valence-corrected chi connectivity index (χ0v) is 15.5. The molecular weight excluding hydrogens is 374 g/mol. The number of nitriles is 1. The van der Waals surface area contributed by atoms with E-state index in [9.17, 15) is 9.90 Å². The van der Waals surface area contributed by atoms with Gasteiger partial charge in [0.1, 0.15) is 6.07 Å². The van der Waals surface area contributed by atoms with E-state index in [-0.39, 0.29) is 11.7 Å². The van der Waals surface area contributed by atoms with Crippen molar-refractivity contribution in [1.82, 2.24) is 15.0 Å². The van der Waals surface area contributed by atoms with Crippen molar-refractivity contribution in [1.29, 1.82) is 5.26 Å². The Morgan fingerprint density at radius 1 is 1.50 bits per heavy atom. The molecule has 0 saturated heterocycles. The second-order valence-electron chi connectivity index (χ2n) is 6.47. The Labute approximate surface area is 150 Å². The van der Waals surface area contributed by atoms with Gasteiger partial charge in [-0.3, -0.25) is 5.01 Å². The van der Waals surface area contributed by atoms with Crippen molar-refractivity contribution in [2.45, 2.75) is 39.5 Å². The zero-order valence-electron chi connectivity index (χ0n) is 13.9. The van der Waals surface area contributed by atoms with E-state index in [1.54, 1.807) is 5.01 Å². The molecule has 0 aliphatic heterocycles. The molecule has 1 aromatic heterocycles. The molecule has 0 radical (unpaired) electrons. The number of amides is 1. The molecule has 0 spiro atoms. The normalized spacial score (nSPS) is 14.6. The van der Waals surface area contributed by atoms with Crippen LogP contribution in [0.1, 0.15) is 45.4 Å². The van der Waals surface area contributed by atoms with Gasteiger partial charge in [0.25, 0.3) is 0 Å². The number of hydrogen-bond donors (Lipinski definition) is 1. The summed E-state index contributed by atoms with van der Waals surface area (Å²) in [6.07, 6.45) is 4.98. The van der Waals surface area contributed by atoms with Gasteiger partial charge in [-0.25, -0.2) is 14.8 Å². The molecule has 0 aromatic carbocycles. The van der Waals surface area contributed by atoms with E-state index in [0.717, 1.165) is 12.8 Å². The molecular formula is C16H22BrN5O2. The Bertz CT molecular complexity index is 625. The largest absolute Gasteiger partial charge is 0.464 e. The van der Waals surface area contributed by atoms with Crippen LogP contribution in [0.15, 0.2) is 10.7 Å². The Kier molecular flexibility index (Phi) is 6.37. The standard InChI is InChI=1S/C16H22BrN5O2/c1-11(2)9-22(16(23)24)21(10-12-5-3-4-6-12)15-13(17)8-19-14(7-18)20-15/h8,11-12H,3-6,9-10H2,1-2H3,(H,23,24). The van der Waals surface area contributed by atoms with Gasteiger partial charge in [0.2, 0.25) is 5.82 Å². The van der Waals surface area contributed by atoms with Gasteiger partial charge >= 0.3 is 6.09 Å². The van der Waals surface area contributed by atoms with Crippen LogP contribution in [0.25, 0.3) is 0 Å². The smallest absolute Gasteiger partial charge is 0.426 e. The number of hydrogen-bond acceptors (Lipinski definition) is 5. The highest BCUT2D eigenvalue weighted by Gasteiger charge is 2.29. The number of carboxylic acid groups (broad SMARTS) is 1. The van der Waals surface area contributed by atoms with E-state index in [1.165, 1.54) is 24.0 Å². The van der Waals surface area contributed by atoms with E-state index in [1.807, 2.05) is 19.9 Å². The lowest BCUT2D eigenvalue weighted by molar-refractivity contribution is 0.130. The molecule has 130 valence electrons. The lowest BCUT2D eigenvalue weighted by Crippen LogP contribution is -2.50. The van der Waals surface area contributed by atoms with Gasteiger partial charge in [0, 0.05) is 19.3 Å². The molecule has 1 fully saturated rings. The molecule has 1 aliphatic rings. The first kappa shape index (κ1) is 18.5. The average molecular weight is 396 g/mol. The fourth-order valence-corrected chi connectivity index (χ4v) is 3.35. The van der Waals surface area contributed by atoms with Crippen molar-refractivity contribution >= 4 is 27.8 Å². The molecule has 1 saturated carbocycles. The number of nitrogens with zero attached hydrogens (tertiary/aromatic N) is 5. The predicted molar refractivity (Wildman–Crippen MR) is 93.3 cm³/mol. The number of hydrazine groups is 1. The number of carbonyl (C=O) groups is 1. The first-order valence-corrected chi connectivity index (χ1v) is 8.92. The van der Waals surface area contributed by atoms with Crippen LogP contribution in [0.2, 0.25) is 0 Å². The number of halogens is 1. The summed E-state index contributed by atoms with van der Waals surface area (Å²) in [5.74, 6) is 1.05. The molecule has 1 N–H and O–H groups in total. The lowest BCUT2D eigenvalue weighted by atomic mass is 10.1. The van der Waals surface area contributed by atoms with Crippen LogP contribution >= 0.6 is 15.9 Å². The third kappa shape index (κ3) is 4.57. The number of anilines is 1. The van der Waals surface area contributed by atoms with Gasteiger partial charge in [-0.15, -0.1) is 0 Å². The highest BCUT2D eigenvalue weighted by atomic mass is 79.9. The molecule has 7 nitrogen and oxygen atoms in total. The van der Waals surface area contributed by atoms with Crippen LogP contribution < -0.4 is 5.01 Å². The van der Waals surface area contributed by atoms with Crippen molar-refractivity contribution in [3.05, 3.63) is 16.5 Å². The zero-order chi connectivity index (χ0) is 17.7. The fourth-order valence-electron chi connectivity index (χ4n) is 2.96. The van der Waals surface area contributed by atoms with Gasteiger partial charge in [-0.05, 0) is 40.6 Å². The summed E-state index contributed by atoms with van der Waals surface area (Å²) in [4.78, 5) is 20.0. The Hall–Kier alpha value is -1.88. The molecule has 0 bridgehead atoms. The lowest BCUT2D eigenvalue weighted by Gasteiger charge is -2.36. The summed E-state index contributed by atoms with van der Waals surface area (Å²) < 4.78 is 0.578. The third-order valence-corrected chi connectivity index (χ3v) is 4.59. The van der Waals surface area contributed by atoms with E-state index >= 15 is 0 Å². The minimum Gasteiger partial charge on any atom is -0.464 e. The predicted octanol–water partition coefficient (Wildman–Crippen LogP) is 3.66. The molecule has 24 heavy (non-hydrogen) atoms. The Morgan fingerprint density at radius 3 is 2.71 bits per heavy atom. The van der Waals surface area contributed by atoms with Crippen molar-refractivity contribution in [2.24, 2.45) is 11.8 Å². The van der Waals surface area contributed by atoms with E-state index < -0.39 is 6.09 Å². The molecule has 1 aliphatic carbocycles. The quantitative estimate of drug-likeness (QED) is 0.738. The van der Waals surface area contributed by atoms with Gasteiger partial charge in [0.15, 0.2) is 5.82 Å². The summed E-state index contributed by atoms with van der Waals surface area (Å²) in [6, 6.07) is 1.92. The molecule has 1 heterocycles. The highest BCUT2D eigenvalue weighted by molar-refractivity contribution is 9.10. The Morgan fingerprint density at radius 2 is 2.17 bits per heavy atom. The van der Waals surface area contributed by atoms with E-state index in [0.29, 0.717) is 29.3 Å². The van der Waals surface area contributed by atoms with Gasteiger partial charge in [-0.2, -0.15) is 10.2 Å². The maximum absolute atomic E-state index is 11.8. The first-order chi connectivity index (χ1) is 11.4. The minimum absolute atomic E-state index is 0.0273. The maximum Gasteiger partial charge on any atom is 0.426 e. The molecule has 0 atom stereocenters. The molecule has 2 rings (SSSR count). The highest BCUT2D eigenvalue weighted by Crippen LogP contribution is 2.31. The van der Waals surface area contributed by atoms with Gasteiger partial charge < -0.3 is 5.11 Å². The average Bonchev–Trinajstić information content (AvgIpc) is 3.04. The topological polar surface area (TPSA) is 93.4 Å². The summed E-state index contributed by atoms with van der Waals surface area (Å²) in [5, 5.41) is 21.8. The monoisotopic (exact) mass is 395 g/mol. The summed E-state index contributed by atoms with van der Waals surface area (Å²) in [6.45, 7) is 4.87. The van der Waals surface area contributed by atoms with Crippen LogP contribution in [0.4, 0.5) is 10.6 Å². The molecule has 1 amide bonds.